The van der Waals surface area contributed by atoms with E-state index >= 15 is 0 Å². The van der Waals surface area contributed by atoms with Crippen LogP contribution in [0.1, 0.15) is 42.9 Å². The van der Waals surface area contributed by atoms with Crippen molar-refractivity contribution >= 4 is 21.0 Å². The van der Waals surface area contributed by atoms with Crippen LogP contribution in [0.25, 0.3) is 11.2 Å². The Hall–Kier alpha value is -2.81. The van der Waals surface area contributed by atoms with Gasteiger partial charge in [-0.1, -0.05) is 6.07 Å². The standard InChI is InChI=1S/C21H25N3O5S/c1-4-29-19-10-14(7-8-18(19)28-2)17(12-30(3,26)27)24-20-16(23-21(24)25)9-15(11-22-20)13-5-6-13/h7-11,13,17H,4-6,12H2,1-3H3,(H,23,25)/t17-/m1/s1. The number of H-pyrrole nitrogens is 1. The fourth-order valence-corrected chi connectivity index (χ4v) is 4.65. The minimum atomic E-state index is -3.41. The van der Waals surface area contributed by atoms with Crippen LogP contribution in [-0.4, -0.2) is 48.7 Å². The molecule has 2 heterocycles. The van der Waals surface area contributed by atoms with Gasteiger partial charge in [0.2, 0.25) is 0 Å². The number of imidazole rings is 1. The van der Waals surface area contributed by atoms with Gasteiger partial charge in [0.05, 0.1) is 31.0 Å². The number of hydrogen-bond acceptors (Lipinski definition) is 6. The molecule has 0 aliphatic heterocycles. The summed E-state index contributed by atoms with van der Waals surface area (Å²) in [5.74, 6) is 1.28. The number of nitrogens with zero attached hydrogens (tertiary/aromatic N) is 2. The molecule has 0 bridgehead atoms. The molecule has 1 saturated carbocycles. The number of methoxy groups -OCH3 is 1. The highest BCUT2D eigenvalue weighted by Gasteiger charge is 2.28. The van der Waals surface area contributed by atoms with Crippen LogP contribution in [0, 0.1) is 0 Å². The molecule has 3 aromatic rings. The minimum absolute atomic E-state index is 0.246. The van der Waals surface area contributed by atoms with Gasteiger partial charge in [0.15, 0.2) is 17.1 Å². The molecule has 4 rings (SSSR count). The lowest BCUT2D eigenvalue weighted by Crippen LogP contribution is -2.28. The zero-order chi connectivity index (χ0) is 21.5. The first kappa shape index (κ1) is 20.5. The summed E-state index contributed by atoms with van der Waals surface area (Å²) in [6.07, 6.45) is 5.19. The Morgan fingerprint density at radius 3 is 2.67 bits per heavy atom. The van der Waals surface area contributed by atoms with Crippen LogP contribution in [0.4, 0.5) is 0 Å². The first-order valence-corrected chi connectivity index (χ1v) is 12.0. The topological polar surface area (TPSA) is 103 Å². The van der Waals surface area contributed by atoms with Crippen molar-refractivity contribution in [3.63, 3.8) is 0 Å². The molecule has 0 amide bonds. The van der Waals surface area contributed by atoms with Crippen LogP contribution in [0.5, 0.6) is 11.5 Å². The highest BCUT2D eigenvalue weighted by atomic mass is 32.2. The largest absolute Gasteiger partial charge is 0.493 e. The average molecular weight is 432 g/mol. The van der Waals surface area contributed by atoms with Crippen LogP contribution in [0.2, 0.25) is 0 Å². The molecule has 1 atom stereocenters. The van der Waals surface area contributed by atoms with Crippen LogP contribution in [0.3, 0.4) is 0 Å². The predicted octanol–water partition coefficient (Wildman–Crippen LogP) is 2.64. The monoisotopic (exact) mass is 431 g/mol. The number of aromatic nitrogens is 3. The normalized spacial score (nSPS) is 15.3. The molecule has 0 radical (unpaired) electrons. The second-order valence-electron chi connectivity index (χ2n) is 7.67. The lowest BCUT2D eigenvalue weighted by atomic mass is 10.1. The number of rotatable bonds is 8. The summed E-state index contributed by atoms with van der Waals surface area (Å²) in [5, 5.41) is 0. The number of fused-ring (bicyclic) bond motifs is 1. The van der Waals surface area contributed by atoms with E-state index in [1.807, 2.05) is 13.0 Å². The molecule has 1 aromatic carbocycles. The first-order valence-electron chi connectivity index (χ1n) is 9.89. The highest BCUT2D eigenvalue weighted by Crippen LogP contribution is 2.40. The van der Waals surface area contributed by atoms with E-state index in [0.29, 0.717) is 40.8 Å². The van der Waals surface area contributed by atoms with Crippen LogP contribution >= 0.6 is 0 Å². The van der Waals surface area contributed by atoms with E-state index in [-0.39, 0.29) is 5.75 Å². The Morgan fingerprint density at radius 2 is 2.03 bits per heavy atom. The Balaban J connectivity index is 1.87. The van der Waals surface area contributed by atoms with Crippen molar-refractivity contribution in [2.75, 3.05) is 25.7 Å². The highest BCUT2D eigenvalue weighted by molar-refractivity contribution is 7.90. The van der Waals surface area contributed by atoms with Crippen LogP contribution in [0.15, 0.2) is 35.3 Å². The Labute approximate surface area is 174 Å². The predicted molar refractivity (Wildman–Crippen MR) is 114 cm³/mol. The summed E-state index contributed by atoms with van der Waals surface area (Å²) in [6.45, 7) is 2.28. The molecule has 1 N–H and O–H groups in total. The van der Waals surface area contributed by atoms with Gasteiger partial charge in [-0.3, -0.25) is 4.57 Å². The molecule has 0 spiro atoms. The van der Waals surface area contributed by atoms with Crippen molar-refractivity contribution in [2.45, 2.75) is 31.7 Å². The van der Waals surface area contributed by atoms with E-state index in [9.17, 15) is 13.2 Å². The van der Waals surface area contributed by atoms with Gasteiger partial charge in [-0.15, -0.1) is 0 Å². The molecular weight excluding hydrogens is 406 g/mol. The van der Waals surface area contributed by atoms with Crippen molar-refractivity contribution < 1.29 is 17.9 Å². The number of hydrogen-bond donors (Lipinski definition) is 1. The number of ether oxygens (including phenoxy) is 2. The van der Waals surface area contributed by atoms with Gasteiger partial charge in [0, 0.05) is 12.5 Å². The van der Waals surface area contributed by atoms with Gasteiger partial charge < -0.3 is 14.5 Å². The smallest absolute Gasteiger partial charge is 0.328 e. The molecule has 2 aromatic heterocycles. The van der Waals surface area contributed by atoms with E-state index in [0.717, 1.165) is 24.7 Å². The van der Waals surface area contributed by atoms with Gasteiger partial charge in [-0.25, -0.2) is 18.2 Å². The van der Waals surface area contributed by atoms with Crippen molar-refractivity contribution in [2.24, 2.45) is 0 Å². The summed E-state index contributed by atoms with van der Waals surface area (Å²) in [5.41, 5.74) is 2.38. The summed E-state index contributed by atoms with van der Waals surface area (Å²) in [4.78, 5) is 20.2. The maximum absolute atomic E-state index is 12.9. The lowest BCUT2D eigenvalue weighted by molar-refractivity contribution is 0.310. The summed E-state index contributed by atoms with van der Waals surface area (Å²) in [6, 6.07) is 6.37. The Kier molecular flexibility index (Phi) is 5.31. The average Bonchev–Trinajstić information content (AvgIpc) is 3.48. The van der Waals surface area contributed by atoms with E-state index in [1.54, 1.807) is 24.4 Å². The minimum Gasteiger partial charge on any atom is -0.493 e. The molecule has 30 heavy (non-hydrogen) atoms. The van der Waals surface area contributed by atoms with E-state index in [4.69, 9.17) is 9.47 Å². The molecular formula is C21H25N3O5S. The maximum atomic E-state index is 12.9. The SMILES string of the molecule is CCOc1cc([C@@H](CS(C)(=O)=O)n2c(=O)[nH]c3cc(C4CC4)cnc32)ccc1OC. The number of aromatic amines is 1. The van der Waals surface area contributed by atoms with Gasteiger partial charge in [-0.05, 0) is 55.0 Å². The lowest BCUT2D eigenvalue weighted by Gasteiger charge is -2.20. The summed E-state index contributed by atoms with van der Waals surface area (Å²) in [7, 11) is -1.87. The quantitative estimate of drug-likeness (QED) is 0.588. The summed E-state index contributed by atoms with van der Waals surface area (Å²) >= 11 is 0. The molecule has 0 unspecified atom stereocenters. The number of benzene rings is 1. The molecule has 9 heteroatoms. The van der Waals surface area contributed by atoms with Gasteiger partial charge in [-0.2, -0.15) is 0 Å². The number of sulfone groups is 1. The van der Waals surface area contributed by atoms with E-state index in [2.05, 4.69) is 9.97 Å². The second kappa shape index (κ2) is 7.79. The Bertz CT molecular complexity index is 1240. The third-order valence-corrected chi connectivity index (χ3v) is 6.19. The third-order valence-electron chi connectivity index (χ3n) is 5.27. The molecule has 1 fully saturated rings. The third kappa shape index (κ3) is 4.07. The number of nitrogens with one attached hydrogen (secondary N) is 1. The second-order valence-corrected chi connectivity index (χ2v) is 9.85. The molecule has 1 aliphatic rings. The van der Waals surface area contributed by atoms with E-state index < -0.39 is 21.6 Å². The molecule has 160 valence electrons. The summed E-state index contributed by atoms with van der Waals surface area (Å²) < 4.78 is 36.9. The van der Waals surface area contributed by atoms with Gasteiger partial charge in [0.1, 0.15) is 9.84 Å². The van der Waals surface area contributed by atoms with Crippen LogP contribution < -0.4 is 15.2 Å². The fraction of sp³-hybridized carbons (Fsp3) is 0.429. The van der Waals surface area contributed by atoms with Gasteiger partial charge in [0.25, 0.3) is 0 Å². The number of pyridine rings is 1. The maximum Gasteiger partial charge on any atom is 0.328 e. The van der Waals surface area contributed by atoms with Gasteiger partial charge >= 0.3 is 5.69 Å². The molecule has 1 aliphatic carbocycles. The van der Waals surface area contributed by atoms with Crippen molar-refractivity contribution in [3.8, 4) is 11.5 Å². The van der Waals surface area contributed by atoms with Crippen molar-refractivity contribution in [3.05, 3.63) is 52.1 Å². The van der Waals surface area contributed by atoms with E-state index in [1.165, 1.54) is 11.7 Å². The molecule has 0 saturated heterocycles. The fourth-order valence-electron chi connectivity index (χ4n) is 3.73. The van der Waals surface area contributed by atoms with Crippen molar-refractivity contribution in [1.82, 2.24) is 14.5 Å². The zero-order valence-electron chi connectivity index (χ0n) is 17.2. The van der Waals surface area contributed by atoms with Crippen molar-refractivity contribution in [1.29, 1.82) is 0 Å². The zero-order valence-corrected chi connectivity index (χ0v) is 18.0. The van der Waals surface area contributed by atoms with Crippen LogP contribution in [-0.2, 0) is 9.84 Å². The Morgan fingerprint density at radius 1 is 1.27 bits per heavy atom. The first-order chi connectivity index (χ1) is 14.3. The molecule has 8 nitrogen and oxygen atoms in total.